The number of thiophene rings is 1. The van der Waals surface area contributed by atoms with Gasteiger partial charge in [0.1, 0.15) is 4.88 Å². The SMILES string of the molecule is O=C(CC1C=CCC1)Nc1ccc(C(=O)O)s1. The normalized spacial score (nSPS) is 18.2. The number of nitrogens with one attached hydrogen (secondary N) is 1. The van der Waals surface area contributed by atoms with Crippen molar-refractivity contribution in [3.8, 4) is 0 Å². The number of anilines is 1. The molecule has 0 bridgehead atoms. The van der Waals surface area contributed by atoms with E-state index in [2.05, 4.69) is 17.5 Å². The molecule has 1 aromatic rings. The van der Waals surface area contributed by atoms with Crippen molar-refractivity contribution in [3.05, 3.63) is 29.2 Å². The van der Waals surface area contributed by atoms with Crippen molar-refractivity contribution in [2.75, 3.05) is 5.32 Å². The lowest BCUT2D eigenvalue weighted by molar-refractivity contribution is -0.116. The lowest BCUT2D eigenvalue weighted by Crippen LogP contribution is -2.13. The Morgan fingerprint density at radius 1 is 1.47 bits per heavy atom. The van der Waals surface area contributed by atoms with Crippen molar-refractivity contribution in [1.29, 1.82) is 0 Å². The summed E-state index contributed by atoms with van der Waals surface area (Å²) in [5.41, 5.74) is 0. The first-order valence-electron chi connectivity index (χ1n) is 5.45. The summed E-state index contributed by atoms with van der Waals surface area (Å²) in [7, 11) is 0. The smallest absolute Gasteiger partial charge is 0.345 e. The van der Waals surface area contributed by atoms with Gasteiger partial charge in [0.2, 0.25) is 5.91 Å². The van der Waals surface area contributed by atoms with Crippen LogP contribution in [0.2, 0.25) is 0 Å². The minimum atomic E-state index is -0.964. The van der Waals surface area contributed by atoms with E-state index in [-0.39, 0.29) is 10.8 Å². The van der Waals surface area contributed by atoms with Crippen LogP contribution in [0.3, 0.4) is 0 Å². The first-order valence-corrected chi connectivity index (χ1v) is 6.26. The summed E-state index contributed by atoms with van der Waals surface area (Å²) in [5, 5.41) is 12.1. The first kappa shape index (κ1) is 11.9. The van der Waals surface area contributed by atoms with Gasteiger partial charge in [-0.1, -0.05) is 12.2 Å². The average molecular weight is 251 g/mol. The van der Waals surface area contributed by atoms with E-state index in [9.17, 15) is 9.59 Å². The van der Waals surface area contributed by atoms with E-state index in [4.69, 9.17) is 5.11 Å². The molecule has 0 radical (unpaired) electrons. The van der Waals surface area contributed by atoms with Crippen LogP contribution in [0.1, 0.15) is 28.9 Å². The van der Waals surface area contributed by atoms with Gasteiger partial charge in [-0.25, -0.2) is 4.79 Å². The molecule has 1 amide bonds. The van der Waals surface area contributed by atoms with E-state index in [1.54, 1.807) is 6.07 Å². The molecule has 2 rings (SSSR count). The Kier molecular flexibility index (Phi) is 3.58. The van der Waals surface area contributed by atoms with Crippen molar-refractivity contribution >= 4 is 28.2 Å². The van der Waals surface area contributed by atoms with Crippen LogP contribution >= 0.6 is 11.3 Å². The fraction of sp³-hybridized carbons (Fsp3) is 0.333. The second-order valence-corrected chi connectivity index (χ2v) is 5.07. The summed E-state index contributed by atoms with van der Waals surface area (Å²) in [6.45, 7) is 0. The van der Waals surface area contributed by atoms with E-state index in [0.717, 1.165) is 24.2 Å². The Labute approximate surface area is 103 Å². The van der Waals surface area contributed by atoms with E-state index in [0.29, 0.717) is 17.3 Å². The fourth-order valence-corrected chi connectivity index (χ4v) is 2.57. The molecular formula is C12H13NO3S. The summed E-state index contributed by atoms with van der Waals surface area (Å²) in [4.78, 5) is 22.6. The lowest BCUT2D eigenvalue weighted by Gasteiger charge is -2.06. The Morgan fingerprint density at radius 2 is 2.29 bits per heavy atom. The highest BCUT2D eigenvalue weighted by molar-refractivity contribution is 7.18. The number of carbonyl (C=O) groups excluding carboxylic acids is 1. The molecule has 0 fully saturated rings. The van der Waals surface area contributed by atoms with Gasteiger partial charge in [-0.3, -0.25) is 4.79 Å². The molecule has 1 heterocycles. The predicted octanol–water partition coefficient (Wildman–Crippen LogP) is 2.74. The monoisotopic (exact) mass is 251 g/mol. The zero-order valence-corrected chi connectivity index (χ0v) is 10.00. The predicted molar refractivity (Wildman–Crippen MR) is 66.4 cm³/mol. The van der Waals surface area contributed by atoms with Crippen LogP contribution in [-0.4, -0.2) is 17.0 Å². The molecule has 1 aliphatic carbocycles. The molecule has 2 N–H and O–H groups in total. The van der Waals surface area contributed by atoms with Gasteiger partial charge < -0.3 is 10.4 Å². The third-order valence-corrected chi connectivity index (χ3v) is 3.63. The maximum Gasteiger partial charge on any atom is 0.345 e. The Balaban J connectivity index is 1.88. The van der Waals surface area contributed by atoms with Crippen molar-refractivity contribution in [2.24, 2.45) is 5.92 Å². The molecule has 1 aliphatic rings. The number of carboxylic acids is 1. The number of carboxylic acid groups (broad SMARTS) is 1. The van der Waals surface area contributed by atoms with Crippen LogP contribution < -0.4 is 5.32 Å². The second kappa shape index (κ2) is 5.14. The molecule has 1 atom stereocenters. The van der Waals surface area contributed by atoms with Crippen LogP contribution in [-0.2, 0) is 4.79 Å². The average Bonchev–Trinajstić information content (AvgIpc) is 2.88. The molecular weight excluding hydrogens is 238 g/mol. The minimum Gasteiger partial charge on any atom is -0.477 e. The number of allylic oxidation sites excluding steroid dienone is 2. The highest BCUT2D eigenvalue weighted by Gasteiger charge is 2.15. The molecule has 0 aromatic carbocycles. The quantitative estimate of drug-likeness (QED) is 0.808. The van der Waals surface area contributed by atoms with Crippen LogP contribution in [0.5, 0.6) is 0 Å². The standard InChI is InChI=1S/C12H13NO3S/c14-10(7-8-3-1-2-4-8)13-11-6-5-9(17-11)12(15)16/h1,3,5-6,8H,2,4,7H2,(H,13,14)(H,15,16). The fourth-order valence-electron chi connectivity index (χ4n) is 1.81. The van der Waals surface area contributed by atoms with Crippen molar-refractivity contribution in [1.82, 2.24) is 0 Å². The van der Waals surface area contributed by atoms with E-state index >= 15 is 0 Å². The molecule has 1 unspecified atom stereocenters. The molecule has 0 saturated heterocycles. The highest BCUT2D eigenvalue weighted by atomic mass is 32.1. The highest BCUT2D eigenvalue weighted by Crippen LogP contribution is 2.24. The van der Waals surface area contributed by atoms with Gasteiger partial charge >= 0.3 is 5.97 Å². The number of hydrogen-bond acceptors (Lipinski definition) is 3. The van der Waals surface area contributed by atoms with Crippen LogP contribution in [0.15, 0.2) is 24.3 Å². The van der Waals surface area contributed by atoms with Crippen LogP contribution in [0.25, 0.3) is 0 Å². The largest absolute Gasteiger partial charge is 0.477 e. The molecule has 0 aliphatic heterocycles. The number of carbonyl (C=O) groups is 2. The summed E-state index contributed by atoms with van der Waals surface area (Å²) in [5.74, 6) is -0.691. The van der Waals surface area contributed by atoms with E-state index in [1.165, 1.54) is 6.07 Å². The molecule has 90 valence electrons. The Morgan fingerprint density at radius 3 is 2.88 bits per heavy atom. The van der Waals surface area contributed by atoms with E-state index < -0.39 is 5.97 Å². The molecule has 4 nitrogen and oxygen atoms in total. The summed E-state index contributed by atoms with van der Waals surface area (Å²) >= 11 is 1.08. The summed E-state index contributed by atoms with van der Waals surface area (Å²) in [6.07, 6.45) is 6.69. The topological polar surface area (TPSA) is 66.4 Å². The first-order chi connectivity index (χ1) is 8.15. The van der Waals surface area contributed by atoms with Gasteiger partial charge in [-0.05, 0) is 30.9 Å². The molecule has 5 heteroatoms. The third-order valence-electron chi connectivity index (χ3n) is 2.64. The van der Waals surface area contributed by atoms with Gasteiger partial charge in [-0.2, -0.15) is 0 Å². The zero-order chi connectivity index (χ0) is 12.3. The molecule has 17 heavy (non-hydrogen) atoms. The Hall–Kier alpha value is -1.62. The van der Waals surface area contributed by atoms with Gasteiger partial charge in [-0.15, -0.1) is 11.3 Å². The molecule has 0 spiro atoms. The molecule has 0 saturated carbocycles. The molecule has 1 aromatic heterocycles. The number of hydrogen-bond donors (Lipinski definition) is 2. The van der Waals surface area contributed by atoms with Crippen molar-refractivity contribution in [3.63, 3.8) is 0 Å². The second-order valence-electron chi connectivity index (χ2n) is 3.99. The third kappa shape index (κ3) is 3.17. The zero-order valence-electron chi connectivity index (χ0n) is 9.18. The number of amides is 1. The Bertz CT molecular complexity index is 464. The number of aromatic carboxylic acids is 1. The van der Waals surface area contributed by atoms with Crippen LogP contribution in [0, 0.1) is 5.92 Å². The summed E-state index contributed by atoms with van der Waals surface area (Å²) in [6, 6.07) is 3.12. The maximum atomic E-state index is 11.7. The van der Waals surface area contributed by atoms with Gasteiger partial charge in [0, 0.05) is 6.42 Å². The lowest BCUT2D eigenvalue weighted by atomic mass is 10.1. The van der Waals surface area contributed by atoms with Gasteiger partial charge in [0.25, 0.3) is 0 Å². The van der Waals surface area contributed by atoms with E-state index in [1.807, 2.05) is 0 Å². The number of rotatable bonds is 4. The maximum absolute atomic E-state index is 11.7. The minimum absolute atomic E-state index is 0.0552. The van der Waals surface area contributed by atoms with Crippen molar-refractivity contribution in [2.45, 2.75) is 19.3 Å². The van der Waals surface area contributed by atoms with Gasteiger partial charge in [0.05, 0.1) is 5.00 Å². The van der Waals surface area contributed by atoms with Crippen LogP contribution in [0.4, 0.5) is 5.00 Å². The van der Waals surface area contributed by atoms with Gasteiger partial charge in [0.15, 0.2) is 0 Å². The summed E-state index contributed by atoms with van der Waals surface area (Å²) < 4.78 is 0. The van der Waals surface area contributed by atoms with Crippen molar-refractivity contribution < 1.29 is 14.7 Å².